The second-order valence-electron chi connectivity index (χ2n) is 5.63. The van der Waals surface area contributed by atoms with E-state index in [4.69, 9.17) is 0 Å². The van der Waals surface area contributed by atoms with Gasteiger partial charge in [0.2, 0.25) is 11.8 Å². The molecule has 1 heterocycles. The largest absolute Gasteiger partial charge is 0.481 e. The minimum atomic E-state index is -0.906. The number of hydrogen-bond donors (Lipinski definition) is 2. The molecule has 0 aromatic heterocycles. The molecule has 2 amide bonds. The summed E-state index contributed by atoms with van der Waals surface area (Å²) in [6, 6.07) is -0.508. The van der Waals surface area contributed by atoms with E-state index in [0.29, 0.717) is 25.9 Å². The second-order valence-corrected chi connectivity index (χ2v) is 5.63. The molecule has 0 bridgehead atoms. The van der Waals surface area contributed by atoms with Crippen molar-refractivity contribution in [2.75, 3.05) is 13.1 Å². The van der Waals surface area contributed by atoms with Crippen molar-refractivity contribution in [2.45, 2.75) is 32.7 Å². The standard InChI is InChI=1S/C13H20N2O4/c1-7-5-9(10(6-7)13(18)19)12(17)15-4-3-14-11(16)8(15)2/h7-10H,3-6H2,1-2H3,(H,14,16)(H,18,19). The molecular weight excluding hydrogens is 248 g/mol. The number of nitrogens with zero attached hydrogens (tertiary/aromatic N) is 1. The van der Waals surface area contributed by atoms with Crippen molar-refractivity contribution in [3.8, 4) is 0 Å². The summed E-state index contributed by atoms with van der Waals surface area (Å²) in [7, 11) is 0. The number of rotatable bonds is 2. The highest BCUT2D eigenvalue weighted by atomic mass is 16.4. The van der Waals surface area contributed by atoms with Crippen LogP contribution in [0.2, 0.25) is 0 Å². The van der Waals surface area contributed by atoms with Gasteiger partial charge >= 0.3 is 5.97 Å². The van der Waals surface area contributed by atoms with Crippen LogP contribution in [0.25, 0.3) is 0 Å². The summed E-state index contributed by atoms with van der Waals surface area (Å²) in [5, 5.41) is 11.9. The molecule has 0 radical (unpaired) electrons. The number of aliphatic carboxylic acids is 1. The van der Waals surface area contributed by atoms with E-state index in [1.54, 1.807) is 6.92 Å². The number of carboxylic acids is 1. The normalized spacial score (nSPS) is 35.1. The molecule has 4 unspecified atom stereocenters. The fourth-order valence-electron chi connectivity index (χ4n) is 3.13. The Balaban J connectivity index is 2.14. The SMILES string of the molecule is CC1CC(C(=O)O)C(C(=O)N2CCNC(=O)C2C)C1. The van der Waals surface area contributed by atoms with Crippen LogP contribution in [-0.2, 0) is 14.4 Å². The Bertz CT molecular complexity index is 409. The van der Waals surface area contributed by atoms with E-state index in [1.165, 1.54) is 4.90 Å². The molecule has 19 heavy (non-hydrogen) atoms. The minimum absolute atomic E-state index is 0.169. The van der Waals surface area contributed by atoms with E-state index in [2.05, 4.69) is 5.32 Å². The van der Waals surface area contributed by atoms with E-state index in [0.717, 1.165) is 0 Å². The third kappa shape index (κ3) is 2.57. The Morgan fingerprint density at radius 1 is 1.26 bits per heavy atom. The smallest absolute Gasteiger partial charge is 0.307 e. The molecule has 2 fully saturated rings. The zero-order valence-electron chi connectivity index (χ0n) is 11.3. The number of nitrogens with one attached hydrogen (secondary N) is 1. The molecule has 0 spiro atoms. The van der Waals surface area contributed by atoms with Gasteiger partial charge in [-0.15, -0.1) is 0 Å². The number of carbonyl (C=O) groups excluding carboxylic acids is 2. The lowest BCUT2D eigenvalue weighted by molar-refractivity contribution is -0.152. The number of amides is 2. The van der Waals surface area contributed by atoms with E-state index in [1.807, 2.05) is 6.92 Å². The highest BCUT2D eigenvalue weighted by molar-refractivity contribution is 5.91. The molecule has 1 aliphatic heterocycles. The Labute approximate surface area is 112 Å². The van der Waals surface area contributed by atoms with E-state index in [-0.39, 0.29) is 17.7 Å². The van der Waals surface area contributed by atoms with Gasteiger partial charge in [-0.3, -0.25) is 14.4 Å². The minimum Gasteiger partial charge on any atom is -0.481 e. The molecule has 2 rings (SSSR count). The number of piperazine rings is 1. The van der Waals surface area contributed by atoms with Gasteiger partial charge in [-0.05, 0) is 25.7 Å². The van der Waals surface area contributed by atoms with Gasteiger partial charge in [0, 0.05) is 13.1 Å². The lowest BCUT2D eigenvalue weighted by Gasteiger charge is -2.35. The average molecular weight is 268 g/mol. The summed E-state index contributed by atoms with van der Waals surface area (Å²) in [4.78, 5) is 36.8. The number of carbonyl (C=O) groups is 3. The van der Waals surface area contributed by atoms with Gasteiger partial charge in [0.1, 0.15) is 6.04 Å². The fraction of sp³-hybridized carbons (Fsp3) is 0.769. The van der Waals surface area contributed by atoms with Crippen molar-refractivity contribution in [3.63, 3.8) is 0 Å². The molecule has 1 saturated heterocycles. The summed E-state index contributed by atoms with van der Waals surface area (Å²) in [6.07, 6.45) is 1.14. The van der Waals surface area contributed by atoms with Crippen LogP contribution in [0.5, 0.6) is 0 Å². The van der Waals surface area contributed by atoms with E-state index in [9.17, 15) is 19.5 Å². The van der Waals surface area contributed by atoms with Crippen LogP contribution >= 0.6 is 0 Å². The maximum absolute atomic E-state index is 12.5. The van der Waals surface area contributed by atoms with Crippen molar-refractivity contribution in [1.29, 1.82) is 0 Å². The lowest BCUT2D eigenvalue weighted by atomic mass is 9.94. The number of hydrogen-bond acceptors (Lipinski definition) is 3. The van der Waals surface area contributed by atoms with Crippen molar-refractivity contribution >= 4 is 17.8 Å². The molecule has 2 aliphatic rings. The first-order valence-corrected chi connectivity index (χ1v) is 6.72. The Hall–Kier alpha value is -1.59. The highest BCUT2D eigenvalue weighted by Crippen LogP contribution is 2.37. The van der Waals surface area contributed by atoms with Crippen LogP contribution < -0.4 is 5.32 Å². The van der Waals surface area contributed by atoms with Crippen LogP contribution in [0, 0.1) is 17.8 Å². The molecule has 106 valence electrons. The van der Waals surface area contributed by atoms with Crippen molar-refractivity contribution < 1.29 is 19.5 Å². The van der Waals surface area contributed by atoms with Gasteiger partial charge in [0.25, 0.3) is 0 Å². The van der Waals surface area contributed by atoms with E-state index >= 15 is 0 Å². The van der Waals surface area contributed by atoms with Gasteiger partial charge in [-0.2, -0.15) is 0 Å². The van der Waals surface area contributed by atoms with Gasteiger partial charge in [-0.25, -0.2) is 0 Å². The zero-order valence-corrected chi connectivity index (χ0v) is 11.3. The predicted octanol–water partition coefficient (Wildman–Crippen LogP) is 0.0802. The molecule has 6 nitrogen and oxygen atoms in total. The third-order valence-corrected chi connectivity index (χ3v) is 4.21. The summed E-state index contributed by atoms with van der Waals surface area (Å²) >= 11 is 0. The van der Waals surface area contributed by atoms with Gasteiger partial charge < -0.3 is 15.3 Å². The van der Waals surface area contributed by atoms with Crippen LogP contribution in [0.15, 0.2) is 0 Å². The fourth-order valence-corrected chi connectivity index (χ4v) is 3.13. The summed E-state index contributed by atoms with van der Waals surface area (Å²) in [5.74, 6) is -2.11. The summed E-state index contributed by atoms with van der Waals surface area (Å²) in [6.45, 7) is 4.55. The maximum Gasteiger partial charge on any atom is 0.307 e. The quantitative estimate of drug-likeness (QED) is 0.742. The van der Waals surface area contributed by atoms with Crippen LogP contribution in [0.1, 0.15) is 26.7 Å². The Kier molecular flexibility index (Phi) is 3.78. The second kappa shape index (κ2) is 5.19. The molecule has 0 aromatic carbocycles. The first-order chi connectivity index (χ1) is 8.91. The van der Waals surface area contributed by atoms with Crippen molar-refractivity contribution in [1.82, 2.24) is 10.2 Å². The molecule has 0 aromatic rings. The third-order valence-electron chi connectivity index (χ3n) is 4.21. The molecule has 2 N–H and O–H groups in total. The van der Waals surface area contributed by atoms with Gasteiger partial charge in [0.15, 0.2) is 0 Å². The molecular formula is C13H20N2O4. The Morgan fingerprint density at radius 3 is 2.53 bits per heavy atom. The first-order valence-electron chi connectivity index (χ1n) is 6.72. The maximum atomic E-state index is 12.5. The lowest BCUT2D eigenvalue weighted by Crippen LogP contribution is -2.57. The Morgan fingerprint density at radius 2 is 1.89 bits per heavy atom. The van der Waals surface area contributed by atoms with Crippen LogP contribution in [-0.4, -0.2) is 46.9 Å². The molecule has 1 saturated carbocycles. The monoisotopic (exact) mass is 268 g/mol. The molecule has 6 heteroatoms. The average Bonchev–Trinajstić information content (AvgIpc) is 2.74. The first kappa shape index (κ1) is 13.8. The molecule has 1 aliphatic carbocycles. The summed E-state index contributed by atoms with van der Waals surface area (Å²) in [5.41, 5.74) is 0. The zero-order chi connectivity index (χ0) is 14.2. The van der Waals surface area contributed by atoms with Crippen molar-refractivity contribution in [2.24, 2.45) is 17.8 Å². The van der Waals surface area contributed by atoms with E-state index < -0.39 is 23.8 Å². The van der Waals surface area contributed by atoms with Crippen LogP contribution in [0.4, 0.5) is 0 Å². The van der Waals surface area contributed by atoms with Gasteiger partial charge in [-0.1, -0.05) is 6.92 Å². The highest BCUT2D eigenvalue weighted by Gasteiger charge is 2.44. The van der Waals surface area contributed by atoms with Gasteiger partial charge in [0.05, 0.1) is 11.8 Å². The molecule has 4 atom stereocenters. The van der Waals surface area contributed by atoms with Crippen molar-refractivity contribution in [3.05, 3.63) is 0 Å². The topological polar surface area (TPSA) is 86.7 Å². The summed E-state index contributed by atoms with van der Waals surface area (Å²) < 4.78 is 0. The predicted molar refractivity (Wildman–Crippen MR) is 67.2 cm³/mol. The van der Waals surface area contributed by atoms with Crippen LogP contribution in [0.3, 0.4) is 0 Å². The number of carboxylic acid groups (broad SMARTS) is 1.